The Morgan fingerprint density at radius 2 is 1.96 bits per heavy atom. The number of hydrogen-bond acceptors (Lipinski definition) is 4. The Labute approximate surface area is 162 Å². The fraction of sp³-hybridized carbons (Fsp3) is 0.588. The van der Waals surface area contributed by atoms with E-state index in [4.69, 9.17) is 9.47 Å². The number of ether oxygens (including phenoxy) is 2. The Morgan fingerprint density at radius 3 is 2.50 bits per heavy atom. The van der Waals surface area contributed by atoms with Gasteiger partial charge in [0.05, 0.1) is 14.2 Å². The van der Waals surface area contributed by atoms with E-state index < -0.39 is 0 Å². The van der Waals surface area contributed by atoms with Gasteiger partial charge in [0.15, 0.2) is 17.5 Å². The number of anilines is 1. The number of likely N-dealkylation sites (N-methyl/N-ethyl adjacent to an activating group) is 1. The van der Waals surface area contributed by atoms with Crippen LogP contribution in [0.5, 0.6) is 11.5 Å². The molecule has 0 unspecified atom stereocenters. The molecule has 0 amide bonds. The molecule has 136 valence electrons. The average molecular weight is 448 g/mol. The highest BCUT2D eigenvalue weighted by Gasteiger charge is 2.27. The van der Waals surface area contributed by atoms with E-state index in [9.17, 15) is 0 Å². The van der Waals surface area contributed by atoms with Crippen molar-refractivity contribution in [3.05, 3.63) is 18.2 Å². The molecular formula is C17H29IN4O2. The summed E-state index contributed by atoms with van der Waals surface area (Å²) in [5.41, 5.74) is 0.908. The van der Waals surface area contributed by atoms with E-state index in [1.165, 1.54) is 12.8 Å². The number of guanidine groups is 1. The third kappa shape index (κ3) is 6.01. The summed E-state index contributed by atoms with van der Waals surface area (Å²) in [4.78, 5) is 6.78. The van der Waals surface area contributed by atoms with Crippen LogP contribution < -0.4 is 20.1 Å². The number of halogens is 1. The van der Waals surface area contributed by atoms with Gasteiger partial charge in [-0.2, -0.15) is 0 Å². The van der Waals surface area contributed by atoms with Crippen molar-refractivity contribution in [2.75, 3.05) is 46.2 Å². The second-order valence-corrected chi connectivity index (χ2v) is 5.55. The molecule has 1 aliphatic carbocycles. The van der Waals surface area contributed by atoms with Crippen LogP contribution in [0.1, 0.15) is 19.8 Å². The van der Waals surface area contributed by atoms with Gasteiger partial charge < -0.3 is 20.1 Å². The summed E-state index contributed by atoms with van der Waals surface area (Å²) in [5.74, 6) is 2.16. The molecule has 2 rings (SSSR count). The molecule has 0 bridgehead atoms. The third-order valence-corrected chi connectivity index (χ3v) is 4.03. The van der Waals surface area contributed by atoms with Crippen LogP contribution >= 0.6 is 24.0 Å². The van der Waals surface area contributed by atoms with Gasteiger partial charge in [0.2, 0.25) is 0 Å². The summed E-state index contributed by atoms with van der Waals surface area (Å²) in [7, 11) is 5.03. The predicted octanol–water partition coefficient (Wildman–Crippen LogP) is 2.79. The van der Waals surface area contributed by atoms with Crippen LogP contribution in [-0.4, -0.2) is 57.8 Å². The van der Waals surface area contributed by atoms with Crippen LogP contribution in [0, 0.1) is 0 Å². The van der Waals surface area contributed by atoms with Gasteiger partial charge in [-0.1, -0.05) is 6.92 Å². The lowest BCUT2D eigenvalue weighted by Gasteiger charge is -2.21. The summed E-state index contributed by atoms with van der Waals surface area (Å²) in [6.45, 7) is 5.23. The van der Waals surface area contributed by atoms with Gasteiger partial charge >= 0.3 is 0 Å². The number of benzene rings is 1. The molecule has 0 radical (unpaired) electrons. The van der Waals surface area contributed by atoms with Crippen molar-refractivity contribution in [2.24, 2.45) is 4.99 Å². The highest BCUT2D eigenvalue weighted by Crippen LogP contribution is 2.29. The molecule has 24 heavy (non-hydrogen) atoms. The number of hydrogen-bond donors (Lipinski definition) is 2. The van der Waals surface area contributed by atoms with Gasteiger partial charge in [0.25, 0.3) is 0 Å². The molecule has 1 saturated carbocycles. The normalized spacial score (nSPS) is 14.1. The third-order valence-electron chi connectivity index (χ3n) is 4.03. The highest BCUT2D eigenvalue weighted by atomic mass is 127. The fourth-order valence-corrected chi connectivity index (χ4v) is 2.59. The minimum Gasteiger partial charge on any atom is -0.493 e. The van der Waals surface area contributed by atoms with Gasteiger partial charge in [-0.05, 0) is 31.5 Å². The van der Waals surface area contributed by atoms with Crippen molar-refractivity contribution in [1.29, 1.82) is 0 Å². The Hall–Kier alpha value is -1.22. The lowest BCUT2D eigenvalue weighted by Crippen LogP contribution is -2.38. The quantitative estimate of drug-likeness (QED) is 0.364. The zero-order chi connectivity index (χ0) is 16.7. The molecule has 6 nitrogen and oxygen atoms in total. The first kappa shape index (κ1) is 20.8. The maximum absolute atomic E-state index is 5.32. The first-order valence-electron chi connectivity index (χ1n) is 8.15. The highest BCUT2D eigenvalue weighted by molar-refractivity contribution is 14.0. The molecule has 0 heterocycles. The predicted molar refractivity (Wildman–Crippen MR) is 110 cm³/mol. The summed E-state index contributed by atoms with van der Waals surface area (Å²) in [6.07, 6.45) is 2.68. The minimum absolute atomic E-state index is 0. The largest absolute Gasteiger partial charge is 0.493 e. The standard InChI is InChI=1S/C17H28N4O2.HI/c1-5-21(14-7-8-14)11-10-19-17(18-2)20-13-6-9-15(22-3)16(12-13)23-4;/h6,9,12,14H,5,7-8,10-11H2,1-4H3,(H2,18,19,20);1H. The molecule has 1 aromatic rings. The second-order valence-electron chi connectivity index (χ2n) is 5.55. The summed E-state index contributed by atoms with van der Waals surface area (Å²) in [5, 5.41) is 6.63. The monoisotopic (exact) mass is 448 g/mol. The van der Waals surface area contributed by atoms with Crippen molar-refractivity contribution in [3.8, 4) is 11.5 Å². The molecule has 0 spiro atoms. The lowest BCUT2D eigenvalue weighted by atomic mass is 10.3. The number of rotatable bonds is 8. The van der Waals surface area contributed by atoms with Crippen LogP contribution in [0.25, 0.3) is 0 Å². The van der Waals surface area contributed by atoms with Gasteiger partial charge in [0, 0.05) is 37.9 Å². The Bertz CT molecular complexity index is 535. The minimum atomic E-state index is 0. The number of methoxy groups -OCH3 is 2. The zero-order valence-corrected chi connectivity index (χ0v) is 17.3. The molecule has 7 heteroatoms. The van der Waals surface area contributed by atoms with Crippen molar-refractivity contribution >= 4 is 35.6 Å². The van der Waals surface area contributed by atoms with Crippen LogP contribution in [0.3, 0.4) is 0 Å². The van der Waals surface area contributed by atoms with Crippen LogP contribution in [-0.2, 0) is 0 Å². The van der Waals surface area contributed by atoms with Crippen molar-refractivity contribution < 1.29 is 9.47 Å². The number of nitrogens with one attached hydrogen (secondary N) is 2. The molecule has 1 fully saturated rings. The molecule has 2 N–H and O–H groups in total. The second kappa shape index (κ2) is 10.6. The molecule has 0 aromatic heterocycles. The molecule has 0 atom stereocenters. The zero-order valence-electron chi connectivity index (χ0n) is 15.0. The van der Waals surface area contributed by atoms with E-state index in [2.05, 4.69) is 27.4 Å². The first-order valence-corrected chi connectivity index (χ1v) is 8.15. The van der Waals surface area contributed by atoms with E-state index in [0.29, 0.717) is 11.5 Å². The van der Waals surface area contributed by atoms with Crippen molar-refractivity contribution in [3.63, 3.8) is 0 Å². The Morgan fingerprint density at radius 1 is 1.25 bits per heavy atom. The van der Waals surface area contributed by atoms with Crippen LogP contribution in [0.2, 0.25) is 0 Å². The molecule has 1 aromatic carbocycles. The first-order chi connectivity index (χ1) is 11.2. The maximum atomic E-state index is 5.32. The molecule has 1 aliphatic rings. The Balaban J connectivity index is 0.00000288. The number of aliphatic imine (C=N–C) groups is 1. The van der Waals surface area contributed by atoms with Gasteiger partial charge in [-0.25, -0.2) is 0 Å². The van der Waals surface area contributed by atoms with Gasteiger partial charge in [-0.15, -0.1) is 24.0 Å². The van der Waals surface area contributed by atoms with E-state index in [0.717, 1.165) is 37.3 Å². The van der Waals surface area contributed by atoms with Crippen LogP contribution in [0.4, 0.5) is 5.69 Å². The van der Waals surface area contributed by atoms with E-state index in [-0.39, 0.29) is 24.0 Å². The SMILES string of the molecule is CCN(CCNC(=NC)Nc1ccc(OC)c(OC)c1)C1CC1.I. The molecular weight excluding hydrogens is 419 g/mol. The fourth-order valence-electron chi connectivity index (χ4n) is 2.59. The molecule has 0 saturated heterocycles. The van der Waals surface area contributed by atoms with Crippen molar-refractivity contribution in [2.45, 2.75) is 25.8 Å². The Kier molecular flexibility index (Phi) is 9.20. The van der Waals surface area contributed by atoms with Crippen LogP contribution in [0.15, 0.2) is 23.2 Å². The summed E-state index contributed by atoms with van der Waals surface area (Å²) < 4.78 is 10.6. The maximum Gasteiger partial charge on any atom is 0.195 e. The summed E-state index contributed by atoms with van der Waals surface area (Å²) in [6, 6.07) is 6.51. The topological polar surface area (TPSA) is 58.1 Å². The number of nitrogens with zero attached hydrogens (tertiary/aromatic N) is 2. The summed E-state index contributed by atoms with van der Waals surface area (Å²) >= 11 is 0. The average Bonchev–Trinajstić information content (AvgIpc) is 3.42. The molecule has 0 aliphatic heterocycles. The van der Waals surface area contributed by atoms with E-state index >= 15 is 0 Å². The van der Waals surface area contributed by atoms with Crippen molar-refractivity contribution in [1.82, 2.24) is 10.2 Å². The van der Waals surface area contributed by atoms with Gasteiger partial charge in [0.1, 0.15) is 0 Å². The smallest absolute Gasteiger partial charge is 0.195 e. The lowest BCUT2D eigenvalue weighted by molar-refractivity contribution is 0.282. The van der Waals surface area contributed by atoms with E-state index in [1.54, 1.807) is 21.3 Å². The van der Waals surface area contributed by atoms with Gasteiger partial charge in [-0.3, -0.25) is 9.89 Å². The van der Waals surface area contributed by atoms with E-state index in [1.807, 2.05) is 18.2 Å².